The molecule has 0 heterocycles. The van der Waals surface area contributed by atoms with Gasteiger partial charge in [-0.3, -0.25) is 0 Å². The fourth-order valence-electron chi connectivity index (χ4n) is 3.87. The van der Waals surface area contributed by atoms with Crippen LogP contribution in [0.5, 0.6) is 0 Å². The standard InChI is InChI=1S/C16H30O/c1-11(16(2,3)4)7-15(17)10-14-9-12-5-6-13(14)8-12/h11-15,17H,5-10H2,1-4H3. The van der Waals surface area contributed by atoms with Gasteiger partial charge in [-0.25, -0.2) is 0 Å². The van der Waals surface area contributed by atoms with Crippen molar-refractivity contribution in [1.29, 1.82) is 0 Å². The molecule has 0 radical (unpaired) electrons. The highest BCUT2D eigenvalue weighted by atomic mass is 16.3. The molecule has 2 aliphatic rings. The number of hydrogen-bond acceptors (Lipinski definition) is 1. The van der Waals surface area contributed by atoms with Crippen LogP contribution in [0.15, 0.2) is 0 Å². The van der Waals surface area contributed by atoms with Gasteiger partial charge in [0, 0.05) is 0 Å². The Balaban J connectivity index is 1.76. The van der Waals surface area contributed by atoms with Gasteiger partial charge in [0.1, 0.15) is 0 Å². The predicted molar refractivity (Wildman–Crippen MR) is 72.8 cm³/mol. The summed E-state index contributed by atoms with van der Waals surface area (Å²) in [5, 5.41) is 10.3. The van der Waals surface area contributed by atoms with Crippen LogP contribution in [0, 0.1) is 29.1 Å². The van der Waals surface area contributed by atoms with Gasteiger partial charge >= 0.3 is 0 Å². The van der Waals surface area contributed by atoms with E-state index < -0.39 is 0 Å². The maximum atomic E-state index is 10.3. The molecule has 1 nitrogen and oxygen atoms in total. The van der Waals surface area contributed by atoms with Crippen molar-refractivity contribution in [3.05, 3.63) is 0 Å². The fourth-order valence-corrected chi connectivity index (χ4v) is 3.87. The second-order valence-corrected chi connectivity index (χ2v) is 7.83. The summed E-state index contributed by atoms with van der Waals surface area (Å²) in [5.74, 6) is 3.42. The van der Waals surface area contributed by atoms with Crippen molar-refractivity contribution < 1.29 is 5.11 Å². The minimum atomic E-state index is -0.0615. The molecular formula is C16H30O. The van der Waals surface area contributed by atoms with Gasteiger partial charge in [0.2, 0.25) is 0 Å². The molecule has 2 aliphatic carbocycles. The van der Waals surface area contributed by atoms with Crippen molar-refractivity contribution in [2.45, 2.75) is 72.3 Å². The third-order valence-electron chi connectivity index (χ3n) is 5.56. The first kappa shape index (κ1) is 13.4. The lowest BCUT2D eigenvalue weighted by Crippen LogP contribution is -2.25. The van der Waals surface area contributed by atoms with Gasteiger partial charge in [-0.05, 0) is 61.2 Å². The Labute approximate surface area is 107 Å². The lowest BCUT2D eigenvalue weighted by molar-refractivity contribution is 0.0787. The van der Waals surface area contributed by atoms with Crippen LogP contribution in [0.4, 0.5) is 0 Å². The summed E-state index contributed by atoms with van der Waals surface area (Å²) in [7, 11) is 0. The van der Waals surface area contributed by atoms with E-state index in [0.29, 0.717) is 11.3 Å². The van der Waals surface area contributed by atoms with Crippen LogP contribution < -0.4 is 0 Å². The highest BCUT2D eigenvalue weighted by Gasteiger charge is 2.40. The highest BCUT2D eigenvalue weighted by Crippen LogP contribution is 2.50. The zero-order chi connectivity index (χ0) is 12.6. The largest absolute Gasteiger partial charge is 0.393 e. The summed E-state index contributed by atoms with van der Waals surface area (Å²) in [6.07, 6.45) is 7.78. The quantitative estimate of drug-likeness (QED) is 0.776. The van der Waals surface area contributed by atoms with E-state index in [-0.39, 0.29) is 6.10 Å². The van der Waals surface area contributed by atoms with E-state index in [9.17, 15) is 5.11 Å². The highest BCUT2D eigenvalue weighted by molar-refractivity contribution is 4.91. The maximum absolute atomic E-state index is 10.3. The lowest BCUT2D eigenvalue weighted by atomic mass is 9.76. The lowest BCUT2D eigenvalue weighted by Gasteiger charge is -2.31. The third-order valence-corrected chi connectivity index (χ3v) is 5.56. The molecule has 0 aliphatic heterocycles. The Morgan fingerprint density at radius 2 is 1.88 bits per heavy atom. The van der Waals surface area contributed by atoms with Crippen LogP contribution in [0.2, 0.25) is 0 Å². The molecule has 0 saturated heterocycles. The fraction of sp³-hybridized carbons (Fsp3) is 1.00. The van der Waals surface area contributed by atoms with Gasteiger partial charge in [0.05, 0.1) is 6.10 Å². The van der Waals surface area contributed by atoms with Crippen molar-refractivity contribution in [3.63, 3.8) is 0 Å². The first-order valence-electron chi connectivity index (χ1n) is 7.54. The van der Waals surface area contributed by atoms with Crippen LogP contribution in [0.25, 0.3) is 0 Å². The molecule has 5 atom stereocenters. The molecule has 17 heavy (non-hydrogen) atoms. The average Bonchev–Trinajstić information content (AvgIpc) is 2.77. The minimum absolute atomic E-state index is 0.0615. The first-order chi connectivity index (χ1) is 7.86. The molecule has 100 valence electrons. The molecule has 0 aromatic carbocycles. The van der Waals surface area contributed by atoms with Crippen LogP contribution in [-0.4, -0.2) is 11.2 Å². The van der Waals surface area contributed by atoms with Crippen LogP contribution in [0.1, 0.15) is 66.2 Å². The Bertz CT molecular complexity index is 253. The predicted octanol–water partition coefficient (Wildman–Crippen LogP) is 4.25. The smallest absolute Gasteiger partial charge is 0.0545 e. The Kier molecular flexibility index (Phi) is 3.87. The van der Waals surface area contributed by atoms with Gasteiger partial charge in [0.15, 0.2) is 0 Å². The molecule has 2 rings (SSSR count). The molecule has 5 unspecified atom stereocenters. The molecule has 0 amide bonds. The van der Waals surface area contributed by atoms with Crippen molar-refractivity contribution >= 4 is 0 Å². The van der Waals surface area contributed by atoms with Crippen LogP contribution in [0.3, 0.4) is 0 Å². The topological polar surface area (TPSA) is 20.2 Å². The molecular weight excluding hydrogens is 208 g/mol. The number of rotatable bonds is 4. The van der Waals surface area contributed by atoms with Crippen LogP contribution >= 0.6 is 0 Å². The zero-order valence-corrected chi connectivity index (χ0v) is 12.1. The van der Waals surface area contributed by atoms with E-state index in [1.165, 1.54) is 25.7 Å². The SMILES string of the molecule is CC(CC(O)CC1CC2CCC1C2)C(C)(C)C. The maximum Gasteiger partial charge on any atom is 0.0545 e. The van der Waals surface area contributed by atoms with Crippen molar-refractivity contribution in [1.82, 2.24) is 0 Å². The van der Waals surface area contributed by atoms with E-state index in [4.69, 9.17) is 0 Å². The van der Waals surface area contributed by atoms with Crippen LogP contribution in [-0.2, 0) is 0 Å². The van der Waals surface area contributed by atoms with E-state index in [0.717, 1.165) is 30.6 Å². The zero-order valence-electron chi connectivity index (χ0n) is 12.1. The summed E-state index contributed by atoms with van der Waals surface area (Å²) >= 11 is 0. The Hall–Kier alpha value is -0.0400. The summed E-state index contributed by atoms with van der Waals surface area (Å²) in [4.78, 5) is 0. The molecule has 0 spiro atoms. The Morgan fingerprint density at radius 1 is 1.18 bits per heavy atom. The second-order valence-electron chi connectivity index (χ2n) is 7.83. The monoisotopic (exact) mass is 238 g/mol. The van der Waals surface area contributed by atoms with E-state index >= 15 is 0 Å². The number of aliphatic hydroxyl groups is 1. The van der Waals surface area contributed by atoms with Gasteiger partial charge in [-0.2, -0.15) is 0 Å². The normalized spacial score (nSPS) is 36.2. The van der Waals surface area contributed by atoms with Crippen molar-refractivity contribution in [3.8, 4) is 0 Å². The third kappa shape index (κ3) is 3.24. The van der Waals surface area contributed by atoms with Crippen molar-refractivity contribution in [2.24, 2.45) is 29.1 Å². The molecule has 0 aromatic heterocycles. The molecule has 2 fully saturated rings. The Morgan fingerprint density at radius 3 is 2.35 bits per heavy atom. The molecule has 0 aromatic rings. The molecule has 2 saturated carbocycles. The molecule has 1 N–H and O–H groups in total. The number of hydrogen-bond donors (Lipinski definition) is 1. The summed E-state index contributed by atoms with van der Waals surface area (Å²) in [6, 6.07) is 0. The summed E-state index contributed by atoms with van der Waals surface area (Å²) in [5.41, 5.74) is 0.329. The second kappa shape index (κ2) is 4.91. The average molecular weight is 238 g/mol. The van der Waals surface area contributed by atoms with Gasteiger partial charge in [-0.1, -0.05) is 34.1 Å². The molecule has 1 heteroatoms. The van der Waals surface area contributed by atoms with Gasteiger partial charge in [-0.15, -0.1) is 0 Å². The minimum Gasteiger partial charge on any atom is -0.393 e. The van der Waals surface area contributed by atoms with Gasteiger partial charge < -0.3 is 5.11 Å². The van der Waals surface area contributed by atoms with E-state index in [1.54, 1.807) is 0 Å². The first-order valence-corrected chi connectivity index (χ1v) is 7.54. The van der Waals surface area contributed by atoms with E-state index in [2.05, 4.69) is 27.7 Å². The number of fused-ring (bicyclic) bond motifs is 2. The van der Waals surface area contributed by atoms with Crippen molar-refractivity contribution in [2.75, 3.05) is 0 Å². The summed E-state index contributed by atoms with van der Waals surface area (Å²) in [6.45, 7) is 9.12. The summed E-state index contributed by atoms with van der Waals surface area (Å²) < 4.78 is 0. The molecule has 2 bridgehead atoms. The van der Waals surface area contributed by atoms with E-state index in [1.807, 2.05) is 0 Å². The number of aliphatic hydroxyl groups excluding tert-OH is 1. The van der Waals surface area contributed by atoms with Gasteiger partial charge in [0.25, 0.3) is 0 Å².